The summed E-state index contributed by atoms with van der Waals surface area (Å²) in [5, 5.41) is 2.26. The third-order valence-corrected chi connectivity index (χ3v) is 5.66. The summed E-state index contributed by atoms with van der Waals surface area (Å²) in [6.45, 7) is 6.95. The fraction of sp³-hybridized carbons (Fsp3) is 0.909. The van der Waals surface area contributed by atoms with E-state index in [4.69, 9.17) is 4.74 Å². The van der Waals surface area contributed by atoms with Gasteiger partial charge in [0.1, 0.15) is 5.60 Å². The lowest BCUT2D eigenvalue weighted by Gasteiger charge is -2.42. The van der Waals surface area contributed by atoms with E-state index >= 15 is 0 Å². The van der Waals surface area contributed by atoms with Crippen LogP contribution in [-0.2, 0) is 14.6 Å². The highest BCUT2D eigenvalue weighted by molar-refractivity contribution is 7.92. The molecule has 0 aromatic heterocycles. The van der Waals surface area contributed by atoms with Gasteiger partial charge in [-0.2, -0.15) is 0 Å². The number of likely N-dealkylation sites (tertiary alicyclic amines) is 1. The molecule has 2 heterocycles. The lowest BCUT2D eigenvalue weighted by Crippen LogP contribution is -2.63. The number of rotatable bonds is 2. The molecule has 1 N–H and O–H groups in total. The number of carbonyl (C=O) groups excluding carboxylic acids is 1. The molecule has 1 amide bonds. The van der Waals surface area contributed by atoms with E-state index < -0.39 is 26.8 Å². The minimum atomic E-state index is -3.09. The molecular weight excluding hydrogens is 292 g/mol. The number of halogens is 1. The molecule has 19 heavy (non-hydrogen) atoms. The van der Waals surface area contributed by atoms with Crippen LogP contribution < -0.4 is 5.32 Å². The molecule has 0 aromatic carbocycles. The van der Waals surface area contributed by atoms with Gasteiger partial charge in [-0.05, 0) is 20.8 Å². The van der Waals surface area contributed by atoms with Gasteiger partial charge in [-0.25, -0.2) is 13.2 Å². The molecule has 0 atom stereocenters. The van der Waals surface area contributed by atoms with Gasteiger partial charge in [0, 0.05) is 26.2 Å². The minimum absolute atomic E-state index is 0. The van der Waals surface area contributed by atoms with Crippen LogP contribution >= 0.6 is 12.4 Å². The molecule has 6 nitrogen and oxygen atoms in total. The minimum Gasteiger partial charge on any atom is -0.444 e. The summed E-state index contributed by atoms with van der Waals surface area (Å²) in [6, 6.07) is 0. The lowest BCUT2D eigenvalue weighted by molar-refractivity contribution is 0.0138. The normalized spacial score (nSPS) is 21.1. The van der Waals surface area contributed by atoms with Crippen molar-refractivity contribution in [2.45, 2.75) is 36.9 Å². The van der Waals surface area contributed by atoms with Gasteiger partial charge in [-0.3, -0.25) is 0 Å². The number of amides is 1. The van der Waals surface area contributed by atoms with E-state index in [0.717, 1.165) is 0 Å². The number of hydrogen-bond acceptors (Lipinski definition) is 5. The first-order valence-corrected chi connectivity index (χ1v) is 7.72. The van der Waals surface area contributed by atoms with E-state index in [0.29, 0.717) is 13.1 Å². The van der Waals surface area contributed by atoms with Crippen molar-refractivity contribution in [2.24, 2.45) is 0 Å². The maximum absolute atomic E-state index is 12.0. The van der Waals surface area contributed by atoms with Crippen LogP contribution in [0.25, 0.3) is 0 Å². The van der Waals surface area contributed by atoms with Crippen LogP contribution in [0.1, 0.15) is 20.8 Å². The molecule has 0 aliphatic carbocycles. The molecule has 112 valence electrons. The Morgan fingerprint density at radius 2 is 1.74 bits per heavy atom. The summed E-state index contributed by atoms with van der Waals surface area (Å²) in [5.41, 5.74) is -0.543. The maximum Gasteiger partial charge on any atom is 0.410 e. The molecule has 8 heteroatoms. The number of ether oxygens (including phenoxy) is 1. The van der Waals surface area contributed by atoms with Crippen LogP contribution in [0.3, 0.4) is 0 Å². The number of sulfone groups is 1. The Labute approximate surface area is 120 Å². The smallest absolute Gasteiger partial charge is 0.410 e. The van der Waals surface area contributed by atoms with Gasteiger partial charge in [0.2, 0.25) is 0 Å². The standard InChI is InChI=1S/C11H20N2O4S.ClH/c1-11(2,3)17-10(14)13-6-9(7-13)18(15,16)8-4-12-5-8;/h8-9,12H,4-7H2,1-3H3;1H. The fourth-order valence-corrected chi connectivity index (χ4v) is 3.91. The Morgan fingerprint density at radius 3 is 2.11 bits per heavy atom. The first kappa shape index (κ1) is 16.5. The van der Waals surface area contributed by atoms with Gasteiger partial charge in [0.15, 0.2) is 9.84 Å². The second-order valence-corrected chi connectivity index (χ2v) is 8.39. The molecule has 2 aliphatic rings. The molecule has 2 aliphatic heterocycles. The van der Waals surface area contributed by atoms with Gasteiger partial charge < -0.3 is 15.0 Å². The second-order valence-electron chi connectivity index (χ2n) is 5.88. The third kappa shape index (κ3) is 3.52. The van der Waals surface area contributed by atoms with E-state index in [1.165, 1.54) is 4.90 Å². The molecular formula is C11H21ClN2O4S. The Morgan fingerprint density at radius 1 is 1.21 bits per heavy atom. The highest BCUT2D eigenvalue weighted by Gasteiger charge is 2.46. The van der Waals surface area contributed by atoms with Crippen molar-refractivity contribution in [3.8, 4) is 0 Å². The summed E-state index contributed by atoms with van der Waals surface area (Å²) in [5.74, 6) is 0. The molecule has 2 rings (SSSR count). The first-order valence-electron chi connectivity index (χ1n) is 6.11. The molecule has 0 saturated carbocycles. The first-order chi connectivity index (χ1) is 8.20. The molecule has 0 bridgehead atoms. The Bertz CT molecular complexity index is 436. The molecule has 0 aromatic rings. The van der Waals surface area contributed by atoms with Gasteiger partial charge in [0.05, 0.1) is 10.5 Å². The summed E-state index contributed by atoms with van der Waals surface area (Å²) in [7, 11) is -3.09. The predicted octanol–water partition coefficient (Wildman–Crippen LogP) is 0.414. The van der Waals surface area contributed by atoms with Gasteiger partial charge in [-0.1, -0.05) is 0 Å². The van der Waals surface area contributed by atoms with Crippen molar-refractivity contribution < 1.29 is 17.9 Å². The van der Waals surface area contributed by atoms with Crippen molar-refractivity contribution in [3.63, 3.8) is 0 Å². The Balaban J connectivity index is 0.00000180. The van der Waals surface area contributed by atoms with E-state index in [-0.39, 0.29) is 30.7 Å². The van der Waals surface area contributed by atoms with Crippen molar-refractivity contribution in [1.29, 1.82) is 0 Å². The monoisotopic (exact) mass is 312 g/mol. The summed E-state index contributed by atoms with van der Waals surface area (Å²) in [6.07, 6.45) is -0.430. The van der Waals surface area contributed by atoms with Gasteiger partial charge in [0.25, 0.3) is 0 Å². The average Bonchev–Trinajstić information content (AvgIpc) is 1.89. The number of hydrogen-bond donors (Lipinski definition) is 1. The lowest BCUT2D eigenvalue weighted by atomic mass is 10.2. The van der Waals surface area contributed by atoms with Crippen molar-refractivity contribution in [1.82, 2.24) is 10.2 Å². The molecule has 2 fully saturated rings. The van der Waals surface area contributed by atoms with Crippen LogP contribution in [-0.4, -0.2) is 61.7 Å². The van der Waals surface area contributed by atoms with Crippen LogP contribution in [0, 0.1) is 0 Å². The van der Waals surface area contributed by atoms with E-state index in [1.54, 1.807) is 20.8 Å². The SMILES string of the molecule is CC(C)(C)OC(=O)N1CC(S(=O)(=O)C2CNC2)C1.Cl. The van der Waals surface area contributed by atoms with Crippen LogP contribution in [0.4, 0.5) is 4.79 Å². The largest absolute Gasteiger partial charge is 0.444 e. The summed E-state index contributed by atoms with van der Waals surface area (Å²) >= 11 is 0. The zero-order chi connectivity index (χ0) is 13.6. The van der Waals surface area contributed by atoms with E-state index in [2.05, 4.69) is 5.32 Å². The predicted molar refractivity (Wildman–Crippen MR) is 74.4 cm³/mol. The number of carbonyl (C=O) groups is 1. The summed E-state index contributed by atoms with van der Waals surface area (Å²) < 4.78 is 29.2. The topological polar surface area (TPSA) is 75.7 Å². The zero-order valence-corrected chi connectivity index (χ0v) is 13.0. The van der Waals surface area contributed by atoms with E-state index in [9.17, 15) is 13.2 Å². The Kier molecular flexibility index (Phi) is 4.75. The highest BCUT2D eigenvalue weighted by atomic mass is 35.5. The fourth-order valence-electron chi connectivity index (χ4n) is 1.89. The second kappa shape index (κ2) is 5.46. The van der Waals surface area contributed by atoms with Gasteiger partial charge >= 0.3 is 6.09 Å². The molecule has 2 saturated heterocycles. The number of nitrogens with one attached hydrogen (secondary N) is 1. The van der Waals surface area contributed by atoms with Crippen LogP contribution in [0.2, 0.25) is 0 Å². The average molecular weight is 313 g/mol. The maximum atomic E-state index is 12.0. The van der Waals surface area contributed by atoms with Crippen molar-refractivity contribution in [2.75, 3.05) is 26.2 Å². The molecule has 0 unspecified atom stereocenters. The summed E-state index contributed by atoms with van der Waals surface area (Å²) in [4.78, 5) is 13.1. The van der Waals surface area contributed by atoms with E-state index in [1.807, 2.05) is 0 Å². The van der Waals surface area contributed by atoms with Crippen molar-refractivity contribution >= 4 is 28.3 Å². The quantitative estimate of drug-likeness (QED) is 0.799. The third-order valence-electron chi connectivity index (χ3n) is 3.17. The molecule has 0 spiro atoms. The van der Waals surface area contributed by atoms with Crippen LogP contribution in [0.15, 0.2) is 0 Å². The number of nitrogens with zero attached hydrogens (tertiary/aromatic N) is 1. The zero-order valence-electron chi connectivity index (χ0n) is 11.4. The highest BCUT2D eigenvalue weighted by Crippen LogP contribution is 2.24. The van der Waals surface area contributed by atoms with Crippen molar-refractivity contribution in [3.05, 3.63) is 0 Å². The Hall–Kier alpha value is -0.530. The molecule has 0 radical (unpaired) electrons. The van der Waals surface area contributed by atoms with Crippen LogP contribution in [0.5, 0.6) is 0 Å². The van der Waals surface area contributed by atoms with Gasteiger partial charge in [-0.15, -0.1) is 12.4 Å².